The van der Waals surface area contributed by atoms with Crippen molar-refractivity contribution in [1.29, 1.82) is 0 Å². The molecule has 0 saturated carbocycles. The van der Waals surface area contributed by atoms with Crippen molar-refractivity contribution in [1.82, 2.24) is 10.3 Å². The molecule has 0 bridgehead atoms. The molecule has 0 radical (unpaired) electrons. The van der Waals surface area contributed by atoms with Crippen LogP contribution >= 0.6 is 23.8 Å². The highest BCUT2D eigenvalue weighted by Crippen LogP contribution is 2.37. The number of nitrogens with zero attached hydrogens (tertiary/aromatic N) is 2. The highest BCUT2D eigenvalue weighted by Gasteiger charge is 2.41. The van der Waals surface area contributed by atoms with Crippen molar-refractivity contribution in [2.24, 2.45) is 0 Å². The van der Waals surface area contributed by atoms with Gasteiger partial charge in [0.15, 0.2) is 10.9 Å². The number of halogens is 3. The first-order valence-electron chi connectivity index (χ1n) is 7.73. The van der Waals surface area contributed by atoms with Crippen molar-refractivity contribution >= 4 is 34.6 Å². The Morgan fingerprint density at radius 2 is 2.00 bits per heavy atom. The van der Waals surface area contributed by atoms with Gasteiger partial charge < -0.3 is 10.1 Å². The van der Waals surface area contributed by atoms with Gasteiger partial charge in [0.05, 0.1) is 18.8 Å². The van der Waals surface area contributed by atoms with Crippen LogP contribution in [0.5, 0.6) is 0 Å². The standard InChI is InChI=1S/C17H14ClF2N3OS/c18-13-4-2-1-3-12(13)16-21-17(25)22(8-11-9-24-11)23(16)15-6-5-10(19)7-14(15)20/h1-7,11,16H,8-9H2,(H,21,25). The average Bonchev–Trinajstić information content (AvgIpc) is 3.33. The van der Waals surface area contributed by atoms with Gasteiger partial charge in [0.2, 0.25) is 0 Å². The fourth-order valence-electron chi connectivity index (χ4n) is 2.87. The third-order valence-electron chi connectivity index (χ3n) is 4.13. The minimum atomic E-state index is -0.676. The third kappa shape index (κ3) is 3.15. The van der Waals surface area contributed by atoms with Crippen molar-refractivity contribution in [3.63, 3.8) is 0 Å². The molecule has 0 aromatic heterocycles. The van der Waals surface area contributed by atoms with E-state index in [1.54, 1.807) is 16.1 Å². The molecular formula is C17H14ClF2N3OS. The Balaban J connectivity index is 1.79. The van der Waals surface area contributed by atoms with Crippen molar-refractivity contribution in [2.75, 3.05) is 18.2 Å². The minimum absolute atomic E-state index is 0.0377. The Morgan fingerprint density at radius 1 is 1.24 bits per heavy atom. The molecule has 2 aliphatic rings. The Hall–Kier alpha value is -1.96. The fourth-order valence-corrected chi connectivity index (χ4v) is 3.38. The lowest BCUT2D eigenvalue weighted by Crippen LogP contribution is -2.42. The summed E-state index contributed by atoms with van der Waals surface area (Å²) in [6.07, 6.45) is -0.462. The van der Waals surface area contributed by atoms with Gasteiger partial charge in [-0.1, -0.05) is 29.8 Å². The van der Waals surface area contributed by atoms with Gasteiger partial charge in [-0.25, -0.2) is 8.78 Å². The molecule has 4 rings (SSSR count). The number of thiocarbonyl (C=S) groups is 1. The summed E-state index contributed by atoms with van der Waals surface area (Å²) in [7, 11) is 0. The molecule has 0 amide bonds. The summed E-state index contributed by atoms with van der Waals surface area (Å²) in [4.78, 5) is 0. The molecule has 2 atom stereocenters. The zero-order valence-corrected chi connectivity index (χ0v) is 14.5. The lowest BCUT2D eigenvalue weighted by atomic mass is 10.1. The van der Waals surface area contributed by atoms with Crippen LogP contribution in [-0.4, -0.2) is 29.4 Å². The van der Waals surface area contributed by atoms with Crippen LogP contribution < -0.4 is 10.3 Å². The maximum atomic E-state index is 14.5. The second-order valence-corrected chi connectivity index (χ2v) is 6.65. The van der Waals surface area contributed by atoms with Gasteiger partial charge >= 0.3 is 0 Å². The quantitative estimate of drug-likeness (QED) is 0.645. The summed E-state index contributed by atoms with van der Waals surface area (Å²) in [5, 5.41) is 7.53. The molecule has 130 valence electrons. The van der Waals surface area contributed by atoms with Crippen LogP contribution in [0.2, 0.25) is 5.02 Å². The lowest BCUT2D eigenvalue weighted by molar-refractivity contribution is 0.319. The predicted molar refractivity (Wildman–Crippen MR) is 95.2 cm³/mol. The summed E-state index contributed by atoms with van der Waals surface area (Å²) in [6.45, 7) is 1.11. The van der Waals surface area contributed by atoms with Crippen LogP contribution in [0.25, 0.3) is 0 Å². The summed E-state index contributed by atoms with van der Waals surface area (Å²) in [6, 6.07) is 10.7. The van der Waals surface area contributed by atoms with Gasteiger partial charge in [-0.15, -0.1) is 0 Å². The van der Waals surface area contributed by atoms with Gasteiger partial charge in [0, 0.05) is 16.7 Å². The van der Waals surface area contributed by atoms with Gasteiger partial charge in [-0.2, -0.15) is 0 Å². The molecular weight excluding hydrogens is 368 g/mol. The molecule has 2 heterocycles. The topological polar surface area (TPSA) is 31.0 Å². The number of rotatable bonds is 4. The summed E-state index contributed by atoms with van der Waals surface area (Å²) >= 11 is 11.8. The summed E-state index contributed by atoms with van der Waals surface area (Å²) in [5.74, 6) is -1.31. The Bertz CT molecular complexity index is 833. The Morgan fingerprint density at radius 3 is 2.68 bits per heavy atom. The SMILES string of the molecule is Fc1ccc(N2C(c3ccccc3Cl)NC(=S)N2CC2CO2)c(F)c1. The highest BCUT2D eigenvalue weighted by molar-refractivity contribution is 7.80. The summed E-state index contributed by atoms with van der Waals surface area (Å²) in [5.41, 5.74) is 0.953. The molecule has 25 heavy (non-hydrogen) atoms. The van der Waals surface area contributed by atoms with E-state index in [-0.39, 0.29) is 11.8 Å². The monoisotopic (exact) mass is 381 g/mol. The van der Waals surface area contributed by atoms with Crippen LogP contribution in [0.15, 0.2) is 42.5 Å². The van der Waals surface area contributed by atoms with Crippen LogP contribution in [0.1, 0.15) is 11.7 Å². The molecule has 2 aliphatic heterocycles. The molecule has 2 saturated heterocycles. The second kappa shape index (κ2) is 6.40. The highest BCUT2D eigenvalue weighted by atomic mass is 35.5. The number of epoxide rings is 1. The largest absolute Gasteiger partial charge is 0.371 e. The number of nitrogens with one attached hydrogen (secondary N) is 1. The molecule has 8 heteroatoms. The predicted octanol–water partition coefficient (Wildman–Crippen LogP) is 3.63. The summed E-state index contributed by atoms with van der Waals surface area (Å²) < 4.78 is 33.1. The number of hydrogen-bond donors (Lipinski definition) is 1. The second-order valence-electron chi connectivity index (χ2n) is 5.85. The number of anilines is 1. The molecule has 2 aromatic rings. The molecule has 2 fully saturated rings. The fraction of sp³-hybridized carbons (Fsp3) is 0.235. The number of ether oxygens (including phenoxy) is 1. The van der Waals surface area contributed by atoms with E-state index in [1.807, 2.05) is 18.2 Å². The Labute approximate surface area is 153 Å². The van der Waals surface area contributed by atoms with E-state index < -0.39 is 17.8 Å². The van der Waals surface area contributed by atoms with Crippen molar-refractivity contribution < 1.29 is 13.5 Å². The smallest absolute Gasteiger partial charge is 0.190 e. The van der Waals surface area contributed by atoms with Gasteiger partial charge in [-0.3, -0.25) is 10.0 Å². The van der Waals surface area contributed by atoms with E-state index in [9.17, 15) is 8.78 Å². The van der Waals surface area contributed by atoms with Crippen molar-refractivity contribution in [3.8, 4) is 0 Å². The van der Waals surface area contributed by atoms with E-state index in [1.165, 1.54) is 12.1 Å². The van der Waals surface area contributed by atoms with E-state index in [2.05, 4.69) is 5.32 Å². The number of hydrazine groups is 1. The van der Waals surface area contributed by atoms with E-state index in [0.29, 0.717) is 23.3 Å². The first-order chi connectivity index (χ1) is 12.0. The van der Waals surface area contributed by atoms with Crippen LogP contribution in [0, 0.1) is 11.6 Å². The number of benzene rings is 2. The maximum absolute atomic E-state index is 14.5. The molecule has 2 unspecified atom stereocenters. The molecule has 4 nitrogen and oxygen atoms in total. The van der Waals surface area contributed by atoms with Gasteiger partial charge in [0.25, 0.3) is 0 Å². The molecule has 0 aliphatic carbocycles. The van der Waals surface area contributed by atoms with Crippen LogP contribution in [0.4, 0.5) is 14.5 Å². The van der Waals surface area contributed by atoms with Gasteiger partial charge in [-0.05, 0) is 30.4 Å². The zero-order chi connectivity index (χ0) is 17.6. The molecule has 1 N–H and O–H groups in total. The lowest BCUT2D eigenvalue weighted by Gasteiger charge is -2.33. The van der Waals surface area contributed by atoms with Crippen molar-refractivity contribution in [3.05, 3.63) is 64.7 Å². The third-order valence-corrected chi connectivity index (χ3v) is 4.81. The minimum Gasteiger partial charge on any atom is -0.371 e. The zero-order valence-electron chi connectivity index (χ0n) is 13.0. The van der Waals surface area contributed by atoms with Gasteiger partial charge in [0.1, 0.15) is 18.1 Å². The Kier molecular flexibility index (Phi) is 4.23. The van der Waals surface area contributed by atoms with E-state index >= 15 is 0 Å². The first-order valence-corrected chi connectivity index (χ1v) is 8.51. The molecule has 2 aromatic carbocycles. The first kappa shape index (κ1) is 16.5. The maximum Gasteiger partial charge on any atom is 0.190 e. The molecule has 0 spiro atoms. The van der Waals surface area contributed by atoms with Crippen LogP contribution in [0.3, 0.4) is 0 Å². The van der Waals surface area contributed by atoms with Crippen LogP contribution in [-0.2, 0) is 4.74 Å². The number of hydrogen-bond acceptors (Lipinski definition) is 3. The normalized spacial score (nSPS) is 22.3. The average molecular weight is 382 g/mol. The van der Waals surface area contributed by atoms with Crippen molar-refractivity contribution in [2.45, 2.75) is 12.3 Å². The van der Waals surface area contributed by atoms with E-state index in [4.69, 9.17) is 28.6 Å². The van der Waals surface area contributed by atoms with E-state index in [0.717, 1.165) is 11.6 Å².